The molecule has 1 aromatic carbocycles. The maximum absolute atomic E-state index is 12.8. The van der Waals surface area contributed by atoms with E-state index in [2.05, 4.69) is 45.6 Å². The number of carbonyl (C=O) groups excluding carboxylic acids is 1. The number of aromatic amines is 1. The van der Waals surface area contributed by atoms with Gasteiger partial charge in [0, 0.05) is 25.2 Å². The van der Waals surface area contributed by atoms with E-state index in [0.29, 0.717) is 25.8 Å². The van der Waals surface area contributed by atoms with E-state index in [-0.39, 0.29) is 59.9 Å². The molecular weight excluding hydrogens is 789 g/mol. The number of benzene rings is 1. The summed E-state index contributed by atoms with van der Waals surface area (Å²) in [5.41, 5.74) is 4.72. The smallest absolute Gasteiger partial charge is 0.379 e. The van der Waals surface area contributed by atoms with Crippen LogP contribution in [0.3, 0.4) is 0 Å². The molecule has 3 heterocycles. The van der Waals surface area contributed by atoms with Crippen LogP contribution in [0, 0.1) is 32.1 Å². The van der Waals surface area contributed by atoms with Gasteiger partial charge in [-0.2, -0.15) is 13.6 Å². The van der Waals surface area contributed by atoms with Crippen molar-refractivity contribution in [3.05, 3.63) is 60.5 Å². The Balaban J connectivity index is 1.28. The Bertz CT molecular complexity index is 2180. The fraction of sp³-hybridized carbons (Fsp3) is 0.423. The number of rotatable bonds is 18. The van der Waals surface area contributed by atoms with E-state index in [4.69, 9.17) is 20.3 Å². The largest absolute Gasteiger partial charge is 0.490 e. The van der Waals surface area contributed by atoms with E-state index >= 15 is 0 Å². The Morgan fingerprint density at radius 2 is 1.83 bits per heavy atom. The van der Waals surface area contributed by atoms with Crippen LogP contribution in [0.25, 0.3) is 11.0 Å². The predicted octanol–water partition coefficient (Wildman–Crippen LogP) is 2.28. The van der Waals surface area contributed by atoms with Crippen molar-refractivity contribution in [1.29, 1.82) is 0 Å². The van der Waals surface area contributed by atoms with Crippen LogP contribution in [0.4, 0.5) is 23.0 Å². The number of carbonyl (C=O) groups is 1. The molecule has 1 saturated heterocycles. The summed E-state index contributed by atoms with van der Waals surface area (Å²) in [5.74, 6) is 5.03. The third kappa shape index (κ3) is 12.2. The van der Waals surface area contributed by atoms with Gasteiger partial charge >= 0.3 is 23.5 Å². The Morgan fingerprint density at radius 1 is 1.09 bits per heavy atom. The molecule has 0 bridgehead atoms. The highest BCUT2D eigenvalue weighted by molar-refractivity contribution is 7.66. The molecule has 1 amide bonds. The summed E-state index contributed by atoms with van der Waals surface area (Å²) in [5, 5.41) is 27.7. The van der Waals surface area contributed by atoms with Crippen LogP contribution in [0.5, 0.6) is 0 Å². The van der Waals surface area contributed by atoms with Crippen molar-refractivity contribution < 1.29 is 65.8 Å². The molecule has 1 aliphatic rings. The number of ether oxygens (including phenoxy) is 1. The highest BCUT2D eigenvalue weighted by Crippen LogP contribution is 2.66. The summed E-state index contributed by atoms with van der Waals surface area (Å²) in [6.45, 7) is -0.431. The van der Waals surface area contributed by atoms with Gasteiger partial charge in [-0.3, -0.25) is 39.3 Å². The monoisotopic (exact) mass is 822 g/mol. The first-order valence-electron chi connectivity index (χ1n) is 15.5. The number of nitrogen functional groups attached to an aromatic ring is 1. The van der Waals surface area contributed by atoms with Crippen molar-refractivity contribution in [3.8, 4) is 11.8 Å². The van der Waals surface area contributed by atoms with E-state index in [1.54, 1.807) is 0 Å². The first-order valence-corrected chi connectivity index (χ1v) is 20.0. The molecule has 9 N–H and O–H groups in total. The van der Waals surface area contributed by atoms with Gasteiger partial charge < -0.3 is 45.2 Å². The zero-order chi connectivity index (χ0) is 39.8. The van der Waals surface area contributed by atoms with Crippen LogP contribution < -0.4 is 21.9 Å². The number of nitro groups is 2. The second-order valence-electron chi connectivity index (χ2n) is 11.3. The van der Waals surface area contributed by atoms with Gasteiger partial charge in [-0.15, -0.1) is 0 Å². The van der Waals surface area contributed by atoms with Crippen LogP contribution in [0.2, 0.25) is 0 Å². The van der Waals surface area contributed by atoms with Gasteiger partial charge in [-0.05, 0) is 31.7 Å². The predicted molar refractivity (Wildman–Crippen MR) is 184 cm³/mol. The van der Waals surface area contributed by atoms with Crippen LogP contribution in [0.1, 0.15) is 50.3 Å². The van der Waals surface area contributed by atoms with Gasteiger partial charge in [0.1, 0.15) is 11.9 Å². The highest BCUT2D eigenvalue weighted by atomic mass is 31.3. The minimum absolute atomic E-state index is 0.0519. The normalized spacial score (nSPS) is 17.9. The number of hydrogen-bond acceptors (Lipinski definition) is 16. The topological polar surface area (TPSA) is 373 Å². The number of hydrogen-bond donors (Lipinski definition) is 8. The number of unbranched alkanes of at least 4 members (excludes halogenated alkanes) is 2. The van der Waals surface area contributed by atoms with E-state index < -0.39 is 69.2 Å². The molecule has 1 aliphatic heterocycles. The van der Waals surface area contributed by atoms with Crippen LogP contribution in [0.15, 0.2) is 29.2 Å². The Labute approximate surface area is 302 Å². The van der Waals surface area contributed by atoms with Crippen LogP contribution >= 0.6 is 23.5 Å². The highest BCUT2D eigenvalue weighted by Gasteiger charge is 2.41. The number of phosphoric acid groups is 3. The molecule has 2 unspecified atom stereocenters. The van der Waals surface area contributed by atoms with Crippen molar-refractivity contribution in [2.24, 2.45) is 0 Å². The van der Waals surface area contributed by atoms with Gasteiger partial charge in [0.05, 0.1) is 46.1 Å². The second-order valence-corrected chi connectivity index (χ2v) is 15.7. The lowest BCUT2D eigenvalue weighted by Crippen LogP contribution is -2.23. The molecule has 0 saturated carbocycles. The number of aromatic nitrogens is 3. The van der Waals surface area contributed by atoms with Gasteiger partial charge in [-0.25, -0.2) is 13.7 Å². The standard InChI is InChI=1S/C26H33N8O17P3/c27-26-30-24-23(25(36)31-26)16(14-32(24)22-10-8-18(49-22)15-48-53(44,45)51-54(46,47)50-52(41,42)43)5-4-12-29-21(35)6-2-1-3-11-28-19-9-7-17(33(37)38)13-20(19)34(39)40/h7,9,13-14,18,22,28H,1-3,6,8,10-12,15H2,(H,29,35)(H,44,45)(H,46,47)(H2,41,42,43)(H3,27,30,31,36)/t18-,22+/m0/s1. The number of nitrogens with one attached hydrogen (secondary N) is 3. The quantitative estimate of drug-likeness (QED) is 0.0300. The summed E-state index contributed by atoms with van der Waals surface area (Å²) >= 11 is 0. The average molecular weight is 823 g/mol. The first-order chi connectivity index (χ1) is 25.2. The molecule has 294 valence electrons. The molecule has 1 fully saturated rings. The summed E-state index contributed by atoms with van der Waals surface area (Å²) in [6, 6.07) is 3.29. The fourth-order valence-electron chi connectivity index (χ4n) is 5.10. The number of nitrogens with two attached hydrogens (primary N) is 1. The third-order valence-electron chi connectivity index (χ3n) is 7.32. The van der Waals surface area contributed by atoms with E-state index in [1.165, 1.54) is 16.8 Å². The zero-order valence-electron chi connectivity index (χ0n) is 27.6. The van der Waals surface area contributed by atoms with E-state index in [1.807, 2.05) is 0 Å². The summed E-state index contributed by atoms with van der Waals surface area (Å²) in [7, 11) is -16.6. The molecule has 54 heavy (non-hydrogen) atoms. The van der Waals surface area contributed by atoms with Crippen molar-refractivity contribution in [2.45, 2.75) is 50.9 Å². The van der Waals surface area contributed by atoms with Crippen LogP contribution in [-0.4, -0.2) is 75.7 Å². The number of H-pyrrole nitrogens is 1. The minimum atomic E-state index is -5.70. The number of non-ortho nitro benzene ring substituents is 1. The Morgan fingerprint density at radius 3 is 2.52 bits per heavy atom. The van der Waals surface area contributed by atoms with E-state index in [0.717, 1.165) is 12.1 Å². The molecular formula is C26H33N8O17P3. The van der Waals surface area contributed by atoms with Crippen molar-refractivity contribution in [1.82, 2.24) is 19.9 Å². The maximum atomic E-state index is 12.8. The Kier molecular flexibility index (Phi) is 13.8. The zero-order valence-corrected chi connectivity index (χ0v) is 30.3. The summed E-state index contributed by atoms with van der Waals surface area (Å²) < 4.78 is 53.7. The first kappa shape index (κ1) is 42.2. The Hall–Kier alpha value is -4.56. The van der Waals surface area contributed by atoms with Crippen molar-refractivity contribution in [2.75, 3.05) is 30.7 Å². The summed E-state index contributed by atoms with van der Waals surface area (Å²) in [6.07, 6.45) is 1.95. The molecule has 28 heteroatoms. The van der Waals surface area contributed by atoms with Gasteiger partial charge in [0.2, 0.25) is 11.9 Å². The summed E-state index contributed by atoms with van der Waals surface area (Å²) in [4.78, 5) is 88.7. The molecule has 0 aliphatic carbocycles. The molecule has 2 aromatic heterocycles. The number of anilines is 2. The number of nitrogens with zero attached hydrogens (tertiary/aromatic N) is 4. The lowest BCUT2D eigenvalue weighted by molar-refractivity contribution is -0.393. The average Bonchev–Trinajstić information content (AvgIpc) is 3.66. The molecule has 4 atom stereocenters. The van der Waals surface area contributed by atoms with Crippen molar-refractivity contribution in [3.63, 3.8) is 0 Å². The number of phosphoric ester groups is 1. The van der Waals surface area contributed by atoms with Gasteiger partial charge in [0.25, 0.3) is 16.9 Å². The molecule has 0 radical (unpaired) electrons. The third-order valence-corrected chi connectivity index (χ3v) is 11.1. The lowest BCUT2D eigenvalue weighted by Gasteiger charge is -2.19. The number of nitro benzene ring substituents is 2. The molecule has 25 nitrogen and oxygen atoms in total. The molecule has 0 spiro atoms. The SMILES string of the molecule is Nc1nc2c(c(C#CCNC(=O)CCCCCNc3ccc([N+](=O)[O-])cc3[N+](=O)[O-])cn2[C@H]2CC[C@@H](COP(=O)(O)OP(=O)(O)OP(=O)(O)O)O2)c(=O)[nH]1. The number of amides is 1. The molecule has 4 rings (SSSR count). The fourth-order valence-corrected chi connectivity index (χ4v) is 8.15. The maximum Gasteiger partial charge on any atom is 0.490 e. The second kappa shape index (κ2) is 17.7. The van der Waals surface area contributed by atoms with E-state index in [9.17, 15) is 53.3 Å². The van der Waals surface area contributed by atoms with Crippen molar-refractivity contribution >= 4 is 63.4 Å². The van der Waals surface area contributed by atoms with Gasteiger partial charge in [-0.1, -0.05) is 18.3 Å². The van der Waals surface area contributed by atoms with Crippen LogP contribution in [-0.2, 0) is 36.4 Å². The lowest BCUT2D eigenvalue weighted by atomic mass is 10.1. The van der Waals surface area contributed by atoms with Gasteiger partial charge in [0.15, 0.2) is 5.65 Å². The molecule has 3 aromatic rings. The minimum Gasteiger partial charge on any atom is -0.379 e. The number of fused-ring (bicyclic) bond motifs is 1.